The van der Waals surface area contributed by atoms with Crippen LogP contribution in [0, 0.1) is 12.8 Å². The number of carboxylic acids is 1. The molecule has 0 aliphatic rings. The van der Waals surface area contributed by atoms with Crippen molar-refractivity contribution in [1.29, 1.82) is 0 Å². The van der Waals surface area contributed by atoms with E-state index in [0.717, 1.165) is 11.1 Å². The highest BCUT2D eigenvalue weighted by molar-refractivity contribution is 5.85. The lowest BCUT2D eigenvalue weighted by molar-refractivity contribution is -0.143. The third-order valence-electron chi connectivity index (χ3n) is 2.70. The third-order valence-corrected chi connectivity index (χ3v) is 2.70. The lowest BCUT2D eigenvalue weighted by atomic mass is 10.0. The molecule has 1 rings (SSSR count). The number of amides is 1. The highest BCUT2D eigenvalue weighted by Crippen LogP contribution is 2.06. The molecular formula is C14H19NO3. The van der Waals surface area contributed by atoms with Crippen LogP contribution in [0.4, 0.5) is 0 Å². The van der Waals surface area contributed by atoms with Gasteiger partial charge in [0.25, 0.3) is 0 Å². The molecule has 4 nitrogen and oxygen atoms in total. The van der Waals surface area contributed by atoms with Crippen molar-refractivity contribution in [3.8, 4) is 0 Å². The zero-order chi connectivity index (χ0) is 13.7. The molecular weight excluding hydrogens is 230 g/mol. The van der Waals surface area contributed by atoms with Gasteiger partial charge in [0, 0.05) is 0 Å². The predicted molar refractivity (Wildman–Crippen MR) is 69.3 cm³/mol. The first-order valence-electron chi connectivity index (χ1n) is 5.98. The van der Waals surface area contributed by atoms with Gasteiger partial charge in [0.1, 0.15) is 6.04 Å². The van der Waals surface area contributed by atoms with Gasteiger partial charge >= 0.3 is 5.97 Å². The van der Waals surface area contributed by atoms with Crippen LogP contribution in [-0.2, 0) is 16.0 Å². The van der Waals surface area contributed by atoms with Crippen LogP contribution < -0.4 is 5.32 Å². The maximum atomic E-state index is 11.8. The van der Waals surface area contributed by atoms with Gasteiger partial charge in [0.2, 0.25) is 5.91 Å². The summed E-state index contributed by atoms with van der Waals surface area (Å²) in [6, 6.07) is 6.79. The van der Waals surface area contributed by atoms with Gasteiger partial charge in [0.15, 0.2) is 0 Å². The van der Waals surface area contributed by atoms with E-state index in [1.807, 2.05) is 31.2 Å². The zero-order valence-corrected chi connectivity index (χ0v) is 10.9. The monoisotopic (exact) mass is 249 g/mol. The van der Waals surface area contributed by atoms with E-state index in [9.17, 15) is 9.59 Å². The largest absolute Gasteiger partial charge is 0.480 e. The van der Waals surface area contributed by atoms with E-state index >= 15 is 0 Å². The van der Waals surface area contributed by atoms with Gasteiger partial charge in [-0.25, -0.2) is 4.79 Å². The number of carboxylic acid groups (broad SMARTS) is 1. The van der Waals surface area contributed by atoms with E-state index in [0.29, 0.717) is 0 Å². The molecule has 0 radical (unpaired) electrons. The molecule has 1 aromatic carbocycles. The molecule has 1 atom stereocenters. The Hall–Kier alpha value is -1.84. The summed E-state index contributed by atoms with van der Waals surface area (Å²) in [5, 5.41) is 11.5. The second-order valence-electron chi connectivity index (χ2n) is 4.79. The van der Waals surface area contributed by atoms with Crippen molar-refractivity contribution in [3.05, 3.63) is 35.4 Å². The van der Waals surface area contributed by atoms with E-state index in [4.69, 9.17) is 5.11 Å². The van der Waals surface area contributed by atoms with Gasteiger partial charge in [0.05, 0.1) is 6.42 Å². The van der Waals surface area contributed by atoms with Crippen molar-refractivity contribution < 1.29 is 14.7 Å². The maximum absolute atomic E-state index is 11.8. The van der Waals surface area contributed by atoms with Gasteiger partial charge in [-0.3, -0.25) is 4.79 Å². The Bertz CT molecular complexity index is 440. The Morgan fingerprint density at radius 2 is 2.00 bits per heavy atom. The lowest BCUT2D eigenvalue weighted by Gasteiger charge is -2.17. The Morgan fingerprint density at radius 3 is 2.50 bits per heavy atom. The number of carbonyl (C=O) groups is 2. The van der Waals surface area contributed by atoms with E-state index in [1.54, 1.807) is 13.8 Å². The fourth-order valence-electron chi connectivity index (χ4n) is 1.75. The number of aliphatic carboxylic acids is 1. The summed E-state index contributed by atoms with van der Waals surface area (Å²) in [6.45, 7) is 5.49. The molecule has 0 aliphatic heterocycles. The second-order valence-corrected chi connectivity index (χ2v) is 4.79. The van der Waals surface area contributed by atoms with Crippen LogP contribution in [0.3, 0.4) is 0 Å². The molecule has 0 fully saturated rings. The normalized spacial score (nSPS) is 12.2. The first-order valence-corrected chi connectivity index (χ1v) is 5.98. The third kappa shape index (κ3) is 4.20. The van der Waals surface area contributed by atoms with Gasteiger partial charge in [-0.05, 0) is 18.4 Å². The fourth-order valence-corrected chi connectivity index (χ4v) is 1.75. The van der Waals surface area contributed by atoms with Crippen molar-refractivity contribution in [1.82, 2.24) is 5.32 Å². The van der Waals surface area contributed by atoms with Crippen molar-refractivity contribution >= 4 is 11.9 Å². The summed E-state index contributed by atoms with van der Waals surface area (Å²) in [7, 11) is 0. The maximum Gasteiger partial charge on any atom is 0.326 e. The molecule has 1 amide bonds. The van der Waals surface area contributed by atoms with Gasteiger partial charge in [-0.2, -0.15) is 0 Å². The molecule has 0 saturated heterocycles. The summed E-state index contributed by atoms with van der Waals surface area (Å²) in [6.07, 6.45) is 0.207. The van der Waals surface area contributed by atoms with Crippen LogP contribution in [0.15, 0.2) is 24.3 Å². The smallest absolute Gasteiger partial charge is 0.326 e. The Labute approximate surface area is 107 Å². The quantitative estimate of drug-likeness (QED) is 0.835. The summed E-state index contributed by atoms with van der Waals surface area (Å²) >= 11 is 0. The Balaban J connectivity index is 2.63. The summed E-state index contributed by atoms with van der Waals surface area (Å²) < 4.78 is 0. The number of carbonyl (C=O) groups excluding carboxylic acids is 1. The van der Waals surface area contributed by atoms with Crippen LogP contribution in [0.25, 0.3) is 0 Å². The van der Waals surface area contributed by atoms with Crippen molar-refractivity contribution in [2.24, 2.45) is 5.92 Å². The van der Waals surface area contributed by atoms with Crippen LogP contribution >= 0.6 is 0 Å². The van der Waals surface area contributed by atoms with Gasteiger partial charge in [-0.15, -0.1) is 0 Å². The molecule has 0 unspecified atom stereocenters. The molecule has 1 aromatic rings. The van der Waals surface area contributed by atoms with Gasteiger partial charge < -0.3 is 10.4 Å². The molecule has 0 spiro atoms. The number of rotatable bonds is 5. The minimum atomic E-state index is -0.998. The van der Waals surface area contributed by atoms with Crippen molar-refractivity contribution in [3.63, 3.8) is 0 Å². The zero-order valence-electron chi connectivity index (χ0n) is 10.9. The molecule has 4 heteroatoms. The molecule has 0 aliphatic carbocycles. The van der Waals surface area contributed by atoms with Crippen molar-refractivity contribution in [2.45, 2.75) is 33.2 Å². The first-order chi connectivity index (χ1) is 8.40. The lowest BCUT2D eigenvalue weighted by Crippen LogP contribution is -2.44. The van der Waals surface area contributed by atoms with E-state index in [-0.39, 0.29) is 18.2 Å². The molecule has 98 valence electrons. The predicted octanol–water partition coefficient (Wildman–Crippen LogP) is 1.76. The molecule has 2 N–H and O–H groups in total. The highest BCUT2D eigenvalue weighted by Gasteiger charge is 2.23. The summed E-state index contributed by atoms with van der Waals surface area (Å²) in [5.74, 6) is -1.40. The van der Waals surface area contributed by atoms with E-state index < -0.39 is 12.0 Å². The number of benzene rings is 1. The van der Waals surface area contributed by atoms with Crippen molar-refractivity contribution in [2.75, 3.05) is 0 Å². The molecule has 0 bridgehead atoms. The molecule has 18 heavy (non-hydrogen) atoms. The number of nitrogens with one attached hydrogen (secondary N) is 1. The van der Waals surface area contributed by atoms with E-state index in [2.05, 4.69) is 5.32 Å². The Kier molecular flexibility index (Phi) is 4.89. The average Bonchev–Trinajstić information content (AvgIpc) is 2.25. The van der Waals surface area contributed by atoms with E-state index in [1.165, 1.54) is 0 Å². The standard InChI is InChI=1S/C14H19NO3/c1-9(2)13(14(17)18)15-12(16)8-11-6-4-5-10(3)7-11/h4-7,9,13H,8H2,1-3H3,(H,15,16)(H,17,18)/t13-/m0/s1. The SMILES string of the molecule is Cc1cccc(CC(=O)N[C@H](C(=O)O)C(C)C)c1. The number of hydrogen-bond acceptors (Lipinski definition) is 2. The van der Waals surface area contributed by atoms with Gasteiger partial charge in [-0.1, -0.05) is 43.7 Å². The van der Waals surface area contributed by atoms with Crippen LogP contribution in [0.2, 0.25) is 0 Å². The number of aryl methyl sites for hydroxylation is 1. The minimum Gasteiger partial charge on any atom is -0.480 e. The molecule has 0 aromatic heterocycles. The molecule has 0 saturated carbocycles. The fraction of sp³-hybridized carbons (Fsp3) is 0.429. The first kappa shape index (κ1) is 14.2. The van der Waals surface area contributed by atoms with Crippen LogP contribution in [-0.4, -0.2) is 23.0 Å². The highest BCUT2D eigenvalue weighted by atomic mass is 16.4. The second kappa shape index (κ2) is 6.19. The topological polar surface area (TPSA) is 66.4 Å². The Morgan fingerprint density at radius 1 is 1.33 bits per heavy atom. The van der Waals surface area contributed by atoms with Crippen LogP contribution in [0.5, 0.6) is 0 Å². The number of hydrogen-bond donors (Lipinski definition) is 2. The summed E-state index contributed by atoms with van der Waals surface area (Å²) in [4.78, 5) is 22.7. The average molecular weight is 249 g/mol. The van der Waals surface area contributed by atoms with Crippen LogP contribution in [0.1, 0.15) is 25.0 Å². The summed E-state index contributed by atoms with van der Waals surface area (Å²) in [5.41, 5.74) is 1.97. The minimum absolute atomic E-state index is 0.135. The molecule has 0 heterocycles.